The van der Waals surface area contributed by atoms with Gasteiger partial charge in [-0.25, -0.2) is 9.37 Å². The molecule has 0 spiro atoms. The van der Waals surface area contributed by atoms with E-state index in [1.165, 1.54) is 12.1 Å². The largest absolute Gasteiger partial charge is 0.340 e. The summed E-state index contributed by atoms with van der Waals surface area (Å²) in [6.45, 7) is 1.59. The van der Waals surface area contributed by atoms with E-state index in [2.05, 4.69) is 10.3 Å². The molecule has 1 saturated carbocycles. The van der Waals surface area contributed by atoms with Gasteiger partial charge < -0.3 is 5.32 Å². The lowest BCUT2D eigenvalue weighted by Gasteiger charge is -2.21. The summed E-state index contributed by atoms with van der Waals surface area (Å²) in [5, 5.41) is 3.30. The van der Waals surface area contributed by atoms with Gasteiger partial charge in [0.25, 0.3) is 0 Å². The van der Waals surface area contributed by atoms with E-state index >= 15 is 0 Å². The summed E-state index contributed by atoms with van der Waals surface area (Å²) in [7, 11) is 0. The van der Waals surface area contributed by atoms with Gasteiger partial charge in [0.15, 0.2) is 5.78 Å². The Balaban J connectivity index is 1.78. The van der Waals surface area contributed by atoms with E-state index in [4.69, 9.17) is 11.6 Å². The molecule has 23 heavy (non-hydrogen) atoms. The topological polar surface area (TPSA) is 42.0 Å². The van der Waals surface area contributed by atoms with Gasteiger partial charge in [-0.1, -0.05) is 11.6 Å². The molecule has 0 radical (unpaired) electrons. The number of rotatable bonds is 3. The molecule has 2 unspecified atom stereocenters. The fourth-order valence-corrected chi connectivity index (χ4v) is 4.11. The first-order valence-electron chi connectivity index (χ1n) is 7.80. The number of pyridine rings is 1. The minimum Gasteiger partial charge on any atom is -0.340 e. The lowest BCUT2D eigenvalue weighted by Crippen LogP contribution is -2.10. The number of Topliss-reactive ketones (excluding diaryl/α,β-unsaturated/α-hetero) is 1. The molecular weight excluding hydrogens is 315 g/mol. The Kier molecular flexibility index (Phi) is 3.38. The lowest BCUT2D eigenvalue weighted by molar-refractivity contribution is 0.101. The summed E-state index contributed by atoms with van der Waals surface area (Å²) < 4.78 is 13.6. The maximum absolute atomic E-state index is 13.6. The van der Waals surface area contributed by atoms with E-state index in [0.29, 0.717) is 17.5 Å². The first kappa shape index (κ1) is 14.6. The standard InChI is InChI=1S/C18H16ClFN2O/c1-9(23)13-8-21-18(17-11-3-2-10(6-11)16(13)17)22-12-4-5-14(19)15(20)7-12/h4-5,7-8,10-11H,2-3,6H2,1H3,(H,21,22). The van der Waals surface area contributed by atoms with Crippen LogP contribution < -0.4 is 5.32 Å². The van der Waals surface area contributed by atoms with Crippen molar-refractivity contribution in [3.63, 3.8) is 0 Å². The van der Waals surface area contributed by atoms with Gasteiger partial charge in [0.05, 0.1) is 5.02 Å². The second kappa shape index (κ2) is 5.31. The number of carbonyl (C=O) groups excluding carboxylic acids is 1. The van der Waals surface area contributed by atoms with Gasteiger partial charge in [0.1, 0.15) is 11.6 Å². The quantitative estimate of drug-likeness (QED) is 0.788. The Hall–Kier alpha value is -1.94. The number of ketones is 1. The van der Waals surface area contributed by atoms with Crippen molar-refractivity contribution in [2.75, 3.05) is 5.32 Å². The van der Waals surface area contributed by atoms with Crippen molar-refractivity contribution in [3.05, 3.63) is 51.9 Å². The van der Waals surface area contributed by atoms with Crippen LogP contribution in [0.2, 0.25) is 5.02 Å². The van der Waals surface area contributed by atoms with E-state index in [1.54, 1.807) is 19.2 Å². The molecule has 1 aromatic carbocycles. The molecule has 2 bridgehead atoms. The normalized spacial score (nSPS) is 21.3. The fourth-order valence-electron chi connectivity index (χ4n) is 3.99. The van der Waals surface area contributed by atoms with Crippen LogP contribution in [-0.4, -0.2) is 10.8 Å². The minimum atomic E-state index is -0.463. The average Bonchev–Trinajstić information content (AvgIpc) is 3.13. The molecule has 1 N–H and O–H groups in total. The Morgan fingerprint density at radius 1 is 1.30 bits per heavy atom. The number of benzene rings is 1. The van der Waals surface area contributed by atoms with Gasteiger partial charge >= 0.3 is 0 Å². The molecule has 1 heterocycles. The first-order chi connectivity index (χ1) is 11.0. The predicted molar refractivity (Wildman–Crippen MR) is 88.3 cm³/mol. The van der Waals surface area contributed by atoms with Crippen LogP contribution in [0.3, 0.4) is 0 Å². The van der Waals surface area contributed by atoms with E-state index in [9.17, 15) is 9.18 Å². The molecule has 3 nitrogen and oxygen atoms in total. The molecule has 4 rings (SSSR count). The number of nitrogens with one attached hydrogen (secondary N) is 1. The van der Waals surface area contributed by atoms with Crippen LogP contribution >= 0.6 is 11.6 Å². The highest BCUT2D eigenvalue weighted by Gasteiger charge is 2.41. The van der Waals surface area contributed by atoms with Gasteiger partial charge in [0, 0.05) is 23.0 Å². The van der Waals surface area contributed by atoms with Crippen molar-refractivity contribution < 1.29 is 9.18 Å². The minimum absolute atomic E-state index is 0.0605. The number of aromatic nitrogens is 1. The van der Waals surface area contributed by atoms with Gasteiger partial charge in [-0.3, -0.25) is 4.79 Å². The van der Waals surface area contributed by atoms with E-state index in [-0.39, 0.29) is 10.8 Å². The number of nitrogens with zero attached hydrogens (tertiary/aromatic N) is 1. The summed E-state index contributed by atoms with van der Waals surface area (Å²) >= 11 is 5.73. The molecule has 1 fully saturated rings. The Bertz CT molecular complexity index is 821. The average molecular weight is 331 g/mol. The molecule has 2 aliphatic rings. The highest BCUT2D eigenvalue weighted by atomic mass is 35.5. The molecule has 2 aromatic rings. The van der Waals surface area contributed by atoms with Crippen molar-refractivity contribution >= 4 is 28.9 Å². The van der Waals surface area contributed by atoms with Crippen LogP contribution in [0.4, 0.5) is 15.9 Å². The predicted octanol–water partition coefficient (Wildman–Crippen LogP) is 5.19. The molecule has 2 aliphatic carbocycles. The third-order valence-corrected chi connectivity index (χ3v) is 5.28. The van der Waals surface area contributed by atoms with Crippen molar-refractivity contribution in [3.8, 4) is 0 Å². The molecular formula is C18H16ClFN2O. The second-order valence-corrected chi connectivity index (χ2v) is 6.77. The van der Waals surface area contributed by atoms with Crippen molar-refractivity contribution in [2.24, 2.45) is 0 Å². The number of carbonyl (C=O) groups is 1. The van der Waals surface area contributed by atoms with Gasteiger partial charge in [-0.2, -0.15) is 0 Å². The maximum Gasteiger partial charge on any atom is 0.161 e. The van der Waals surface area contributed by atoms with Crippen LogP contribution in [-0.2, 0) is 0 Å². The lowest BCUT2D eigenvalue weighted by atomic mass is 9.88. The molecule has 0 aliphatic heterocycles. The summed E-state index contributed by atoms with van der Waals surface area (Å²) in [4.78, 5) is 16.4. The van der Waals surface area contributed by atoms with Crippen molar-refractivity contribution in [1.82, 2.24) is 4.98 Å². The third kappa shape index (κ3) is 2.32. The van der Waals surface area contributed by atoms with E-state index in [1.807, 2.05) is 0 Å². The smallest absolute Gasteiger partial charge is 0.161 e. The van der Waals surface area contributed by atoms with E-state index in [0.717, 1.165) is 41.8 Å². The SMILES string of the molecule is CC(=O)c1cnc(Nc2ccc(Cl)c(F)c2)c2c1C1CCC2C1. The molecule has 5 heteroatoms. The number of hydrogen-bond donors (Lipinski definition) is 1. The summed E-state index contributed by atoms with van der Waals surface area (Å²) in [5.74, 6) is 1.24. The summed E-state index contributed by atoms with van der Waals surface area (Å²) in [5.41, 5.74) is 3.64. The maximum atomic E-state index is 13.6. The molecule has 0 saturated heterocycles. The van der Waals surface area contributed by atoms with Gasteiger partial charge in [-0.15, -0.1) is 0 Å². The van der Waals surface area contributed by atoms with Crippen LogP contribution in [0.15, 0.2) is 24.4 Å². The van der Waals surface area contributed by atoms with Crippen LogP contribution in [0.25, 0.3) is 0 Å². The molecule has 0 amide bonds. The third-order valence-electron chi connectivity index (χ3n) is 4.97. The van der Waals surface area contributed by atoms with Crippen molar-refractivity contribution in [1.29, 1.82) is 0 Å². The van der Waals surface area contributed by atoms with Crippen LogP contribution in [0, 0.1) is 5.82 Å². The second-order valence-electron chi connectivity index (χ2n) is 6.36. The Labute approximate surface area is 138 Å². The monoisotopic (exact) mass is 330 g/mol. The summed E-state index contributed by atoms with van der Waals surface area (Å²) in [6.07, 6.45) is 5.00. The Morgan fingerprint density at radius 2 is 2.04 bits per heavy atom. The number of fused-ring (bicyclic) bond motifs is 5. The zero-order valence-electron chi connectivity index (χ0n) is 12.7. The zero-order chi connectivity index (χ0) is 16.1. The summed E-state index contributed by atoms with van der Waals surface area (Å²) in [6, 6.07) is 4.61. The van der Waals surface area contributed by atoms with Crippen molar-refractivity contribution in [2.45, 2.75) is 38.0 Å². The van der Waals surface area contributed by atoms with Gasteiger partial charge in [-0.05, 0) is 61.8 Å². The molecule has 118 valence electrons. The number of hydrogen-bond acceptors (Lipinski definition) is 3. The zero-order valence-corrected chi connectivity index (χ0v) is 13.5. The first-order valence-corrected chi connectivity index (χ1v) is 8.18. The molecule has 2 atom stereocenters. The van der Waals surface area contributed by atoms with Gasteiger partial charge in [0.2, 0.25) is 0 Å². The highest BCUT2D eigenvalue weighted by molar-refractivity contribution is 6.30. The van der Waals surface area contributed by atoms with Crippen LogP contribution in [0.1, 0.15) is 59.5 Å². The highest BCUT2D eigenvalue weighted by Crippen LogP contribution is 2.56. The number of halogens is 2. The number of anilines is 2. The molecule has 1 aromatic heterocycles. The Morgan fingerprint density at radius 3 is 2.74 bits per heavy atom. The fraction of sp³-hybridized carbons (Fsp3) is 0.333. The van der Waals surface area contributed by atoms with Crippen LogP contribution in [0.5, 0.6) is 0 Å². The van der Waals surface area contributed by atoms with E-state index < -0.39 is 5.82 Å².